The predicted octanol–water partition coefficient (Wildman–Crippen LogP) is 3.63. The van der Waals surface area contributed by atoms with Crippen LogP contribution in [0.2, 0.25) is 10.0 Å². The van der Waals surface area contributed by atoms with Gasteiger partial charge in [0.05, 0.1) is 16.7 Å². The Hall–Kier alpha value is -1.74. The SMILES string of the molecule is CCOc1ccc(OC[C@@H](O)CNC2CCN(C[C@@H](O)COc3ccc(Cl)c(Cl)c3)CC2)cc1. The van der Waals surface area contributed by atoms with Gasteiger partial charge in [-0.2, -0.15) is 0 Å². The van der Waals surface area contributed by atoms with Crippen LogP contribution < -0.4 is 19.5 Å². The number of β-amino-alcohol motifs (C(OH)–C–C–N with tert-alkyl or cyclic N) is 1. The minimum Gasteiger partial charge on any atom is -0.494 e. The third-order valence-corrected chi connectivity index (χ3v) is 6.35. The van der Waals surface area contributed by atoms with Crippen molar-refractivity contribution in [2.45, 2.75) is 38.0 Å². The van der Waals surface area contributed by atoms with E-state index in [-0.39, 0.29) is 13.2 Å². The summed E-state index contributed by atoms with van der Waals surface area (Å²) < 4.78 is 16.7. The predicted molar refractivity (Wildman–Crippen MR) is 135 cm³/mol. The van der Waals surface area contributed by atoms with Crippen LogP contribution >= 0.6 is 23.2 Å². The number of benzene rings is 2. The molecule has 1 heterocycles. The standard InChI is InChI=1S/C25H34Cl2N2O5/c1-2-32-21-3-5-22(6-4-21)33-16-19(30)14-28-18-9-11-29(12-10-18)15-20(31)17-34-23-7-8-24(26)25(27)13-23/h3-8,13,18-20,28,30-31H,2,9-12,14-17H2,1H3/t19-,20+/m0/s1. The third-order valence-electron chi connectivity index (χ3n) is 5.61. The van der Waals surface area contributed by atoms with Crippen LogP contribution in [0.5, 0.6) is 17.2 Å². The number of halogens is 2. The van der Waals surface area contributed by atoms with Crippen LogP contribution in [0, 0.1) is 0 Å². The van der Waals surface area contributed by atoms with Gasteiger partial charge in [-0.05, 0) is 69.3 Å². The van der Waals surface area contributed by atoms with Crippen molar-refractivity contribution in [1.82, 2.24) is 10.2 Å². The molecule has 0 spiro atoms. The van der Waals surface area contributed by atoms with Gasteiger partial charge in [-0.1, -0.05) is 23.2 Å². The van der Waals surface area contributed by atoms with Gasteiger partial charge < -0.3 is 34.6 Å². The summed E-state index contributed by atoms with van der Waals surface area (Å²) in [7, 11) is 0. The van der Waals surface area contributed by atoms with Crippen molar-refractivity contribution in [3.8, 4) is 17.2 Å². The molecule has 0 aliphatic carbocycles. The topological polar surface area (TPSA) is 83.4 Å². The highest BCUT2D eigenvalue weighted by atomic mass is 35.5. The number of piperidine rings is 1. The number of hydrogen-bond donors (Lipinski definition) is 3. The average molecular weight is 513 g/mol. The van der Waals surface area contributed by atoms with Gasteiger partial charge in [0.25, 0.3) is 0 Å². The highest BCUT2D eigenvalue weighted by molar-refractivity contribution is 6.42. The number of ether oxygens (including phenoxy) is 3. The molecule has 2 aromatic carbocycles. The van der Waals surface area contributed by atoms with Gasteiger partial charge in [-0.25, -0.2) is 0 Å². The smallest absolute Gasteiger partial charge is 0.121 e. The number of hydrogen-bond acceptors (Lipinski definition) is 7. The lowest BCUT2D eigenvalue weighted by atomic mass is 10.0. The zero-order valence-electron chi connectivity index (χ0n) is 19.5. The van der Waals surface area contributed by atoms with E-state index in [9.17, 15) is 10.2 Å². The maximum absolute atomic E-state index is 10.3. The molecule has 0 amide bonds. The molecule has 34 heavy (non-hydrogen) atoms. The summed E-state index contributed by atoms with van der Waals surface area (Å²) in [5.41, 5.74) is 0. The minimum absolute atomic E-state index is 0.191. The van der Waals surface area contributed by atoms with Crippen LogP contribution in [-0.2, 0) is 0 Å². The van der Waals surface area contributed by atoms with Crippen molar-refractivity contribution in [2.24, 2.45) is 0 Å². The number of aliphatic hydroxyl groups is 2. The van der Waals surface area contributed by atoms with Gasteiger partial charge in [0.1, 0.15) is 42.7 Å². The van der Waals surface area contributed by atoms with E-state index in [0.29, 0.717) is 47.3 Å². The quantitative estimate of drug-likeness (QED) is 0.378. The zero-order valence-corrected chi connectivity index (χ0v) is 21.0. The molecular weight excluding hydrogens is 479 g/mol. The van der Waals surface area contributed by atoms with Gasteiger partial charge in [-0.3, -0.25) is 0 Å². The van der Waals surface area contributed by atoms with E-state index < -0.39 is 12.2 Å². The number of aliphatic hydroxyl groups excluding tert-OH is 2. The fourth-order valence-corrected chi connectivity index (χ4v) is 4.07. The zero-order chi connectivity index (χ0) is 24.3. The van der Waals surface area contributed by atoms with E-state index in [2.05, 4.69) is 10.2 Å². The molecule has 0 saturated carbocycles. The molecule has 2 aromatic rings. The number of nitrogens with one attached hydrogen (secondary N) is 1. The molecule has 0 unspecified atom stereocenters. The van der Waals surface area contributed by atoms with E-state index in [4.69, 9.17) is 37.4 Å². The largest absolute Gasteiger partial charge is 0.494 e. The van der Waals surface area contributed by atoms with E-state index in [0.717, 1.165) is 31.7 Å². The molecule has 188 valence electrons. The summed E-state index contributed by atoms with van der Waals surface area (Å²) >= 11 is 11.9. The molecule has 9 heteroatoms. The first-order valence-corrected chi connectivity index (χ1v) is 12.4. The molecule has 2 atom stereocenters. The maximum Gasteiger partial charge on any atom is 0.121 e. The molecule has 3 N–H and O–H groups in total. The second-order valence-electron chi connectivity index (χ2n) is 8.39. The van der Waals surface area contributed by atoms with Crippen LogP contribution in [0.25, 0.3) is 0 Å². The maximum atomic E-state index is 10.3. The van der Waals surface area contributed by atoms with E-state index >= 15 is 0 Å². The Morgan fingerprint density at radius 3 is 2.12 bits per heavy atom. The minimum atomic E-state index is -0.597. The van der Waals surface area contributed by atoms with Crippen molar-refractivity contribution in [1.29, 1.82) is 0 Å². The average Bonchev–Trinajstić information content (AvgIpc) is 2.84. The first-order valence-electron chi connectivity index (χ1n) is 11.7. The Morgan fingerprint density at radius 1 is 0.882 bits per heavy atom. The van der Waals surface area contributed by atoms with Crippen molar-refractivity contribution < 1.29 is 24.4 Å². The molecule has 0 bridgehead atoms. The van der Waals surface area contributed by atoms with Crippen LogP contribution in [0.3, 0.4) is 0 Å². The van der Waals surface area contributed by atoms with Crippen molar-refractivity contribution in [3.63, 3.8) is 0 Å². The lowest BCUT2D eigenvalue weighted by Crippen LogP contribution is -2.47. The van der Waals surface area contributed by atoms with Gasteiger partial charge in [0.15, 0.2) is 0 Å². The van der Waals surface area contributed by atoms with E-state index in [1.165, 1.54) is 0 Å². The Kier molecular flexibility index (Phi) is 11.0. The van der Waals surface area contributed by atoms with Gasteiger partial charge in [0.2, 0.25) is 0 Å². The van der Waals surface area contributed by atoms with Crippen LogP contribution in [0.4, 0.5) is 0 Å². The summed E-state index contributed by atoms with van der Waals surface area (Å²) in [6, 6.07) is 12.8. The fourth-order valence-electron chi connectivity index (χ4n) is 3.78. The molecule has 1 fully saturated rings. The van der Waals surface area contributed by atoms with Crippen molar-refractivity contribution in [2.75, 3.05) is 46.0 Å². The molecule has 1 saturated heterocycles. The first-order chi connectivity index (χ1) is 16.4. The first kappa shape index (κ1) is 26.9. The summed E-state index contributed by atoms with van der Waals surface area (Å²) in [5.74, 6) is 2.09. The second-order valence-corrected chi connectivity index (χ2v) is 9.21. The summed E-state index contributed by atoms with van der Waals surface area (Å²) in [5, 5.41) is 24.9. The number of rotatable bonds is 13. The monoisotopic (exact) mass is 512 g/mol. The normalized spacial score (nSPS) is 16.7. The molecule has 7 nitrogen and oxygen atoms in total. The molecule has 3 rings (SSSR count). The number of likely N-dealkylation sites (tertiary alicyclic amines) is 1. The van der Waals surface area contributed by atoms with Crippen LogP contribution in [0.1, 0.15) is 19.8 Å². The fraction of sp³-hybridized carbons (Fsp3) is 0.520. The Bertz CT molecular complexity index is 863. The lowest BCUT2D eigenvalue weighted by Gasteiger charge is -2.33. The van der Waals surface area contributed by atoms with Crippen LogP contribution in [0.15, 0.2) is 42.5 Å². The summed E-state index contributed by atoms with van der Waals surface area (Å²) in [6.45, 7) is 5.76. The van der Waals surface area contributed by atoms with E-state index in [1.807, 2.05) is 31.2 Å². The van der Waals surface area contributed by atoms with Gasteiger partial charge in [0, 0.05) is 25.2 Å². The highest BCUT2D eigenvalue weighted by Gasteiger charge is 2.21. The summed E-state index contributed by atoms with van der Waals surface area (Å²) in [4.78, 5) is 2.23. The van der Waals surface area contributed by atoms with Crippen molar-refractivity contribution >= 4 is 23.2 Å². The molecule has 1 aliphatic rings. The lowest BCUT2D eigenvalue weighted by molar-refractivity contribution is 0.0556. The van der Waals surface area contributed by atoms with E-state index in [1.54, 1.807) is 18.2 Å². The summed E-state index contributed by atoms with van der Waals surface area (Å²) in [6.07, 6.45) is 0.713. The highest BCUT2D eigenvalue weighted by Crippen LogP contribution is 2.26. The molecule has 0 radical (unpaired) electrons. The Balaban J connectivity index is 1.27. The van der Waals surface area contributed by atoms with Gasteiger partial charge in [-0.15, -0.1) is 0 Å². The van der Waals surface area contributed by atoms with Crippen LogP contribution in [-0.4, -0.2) is 79.4 Å². The van der Waals surface area contributed by atoms with Gasteiger partial charge >= 0.3 is 0 Å². The van der Waals surface area contributed by atoms with Crippen molar-refractivity contribution in [3.05, 3.63) is 52.5 Å². The second kappa shape index (κ2) is 14.0. The Labute approximate surface area is 211 Å². The molecule has 1 aliphatic heterocycles. The molecule has 0 aromatic heterocycles. The third kappa shape index (κ3) is 9.13. The Morgan fingerprint density at radius 2 is 1.47 bits per heavy atom. The number of nitrogens with zero attached hydrogens (tertiary/aromatic N) is 1. The molecular formula is C25H34Cl2N2O5.